The topological polar surface area (TPSA) is 46.6 Å². The standard InChI is InChI=1S/C12H15NO3S/c1-7(14)11-5-8-6-16-9-3-2-4-13(10(11)15)12(8,9)17-11/h8-9H,2-6H2,1H3/t8-,9+,11+,12-/m1/s1. The molecular weight excluding hydrogens is 238 g/mol. The summed E-state index contributed by atoms with van der Waals surface area (Å²) in [6.45, 7) is 3.09. The quantitative estimate of drug-likeness (QED) is 0.648. The van der Waals surface area contributed by atoms with Crippen LogP contribution < -0.4 is 0 Å². The molecule has 0 aromatic heterocycles. The number of Topliss-reactive ketones (excluding diaryl/α,β-unsaturated/α-hetero) is 1. The highest BCUT2D eigenvalue weighted by Gasteiger charge is 2.76. The number of ketones is 1. The monoisotopic (exact) mass is 253 g/mol. The molecule has 2 bridgehead atoms. The van der Waals surface area contributed by atoms with Crippen molar-refractivity contribution in [2.24, 2.45) is 5.92 Å². The highest BCUT2D eigenvalue weighted by Crippen LogP contribution is 2.68. The van der Waals surface area contributed by atoms with Crippen LogP contribution in [0.5, 0.6) is 0 Å². The van der Waals surface area contributed by atoms with E-state index in [1.165, 1.54) is 0 Å². The Labute approximate surface area is 104 Å². The number of thioether (sulfide) groups is 1. The third-order valence-corrected chi connectivity index (χ3v) is 6.97. The Balaban J connectivity index is 1.89. The predicted molar refractivity (Wildman–Crippen MR) is 62.5 cm³/mol. The van der Waals surface area contributed by atoms with Gasteiger partial charge in [-0.05, 0) is 26.2 Å². The summed E-state index contributed by atoms with van der Waals surface area (Å²) < 4.78 is 5.09. The smallest absolute Gasteiger partial charge is 0.247 e. The zero-order valence-electron chi connectivity index (χ0n) is 9.77. The van der Waals surface area contributed by atoms with Crippen LogP contribution in [0, 0.1) is 5.92 Å². The molecule has 5 heteroatoms. The Hall–Kier alpha value is -0.550. The van der Waals surface area contributed by atoms with Crippen LogP contribution in [0.4, 0.5) is 0 Å². The summed E-state index contributed by atoms with van der Waals surface area (Å²) in [7, 11) is 0. The summed E-state index contributed by atoms with van der Waals surface area (Å²) in [5.41, 5.74) is 0. The molecule has 0 aromatic rings. The minimum absolute atomic E-state index is 0.0319. The number of carbonyl (C=O) groups is 2. The van der Waals surface area contributed by atoms with Crippen molar-refractivity contribution in [2.75, 3.05) is 13.2 Å². The largest absolute Gasteiger partial charge is 0.374 e. The van der Waals surface area contributed by atoms with Gasteiger partial charge in [-0.1, -0.05) is 0 Å². The van der Waals surface area contributed by atoms with Crippen LogP contribution in [0.2, 0.25) is 0 Å². The highest BCUT2D eigenvalue weighted by atomic mass is 32.2. The fourth-order valence-corrected chi connectivity index (χ4v) is 6.18. The average molecular weight is 253 g/mol. The highest BCUT2D eigenvalue weighted by molar-refractivity contribution is 8.04. The molecule has 1 amide bonds. The van der Waals surface area contributed by atoms with Crippen molar-refractivity contribution in [3.05, 3.63) is 0 Å². The summed E-state index contributed by atoms with van der Waals surface area (Å²) in [6, 6.07) is 0. The normalized spacial score (nSPS) is 50.9. The summed E-state index contributed by atoms with van der Waals surface area (Å²) in [5, 5.41) is 0. The van der Waals surface area contributed by atoms with Crippen molar-refractivity contribution in [1.82, 2.24) is 4.90 Å². The third kappa shape index (κ3) is 0.909. The van der Waals surface area contributed by atoms with Crippen molar-refractivity contribution >= 4 is 23.5 Å². The van der Waals surface area contributed by atoms with Crippen LogP contribution in [0.15, 0.2) is 0 Å². The van der Waals surface area contributed by atoms with E-state index in [1.54, 1.807) is 18.7 Å². The number of amides is 1. The van der Waals surface area contributed by atoms with E-state index >= 15 is 0 Å². The summed E-state index contributed by atoms with van der Waals surface area (Å²) in [5.74, 6) is 0.449. The van der Waals surface area contributed by atoms with Gasteiger partial charge in [0.15, 0.2) is 10.5 Å². The van der Waals surface area contributed by atoms with Gasteiger partial charge in [0.1, 0.15) is 4.87 Å². The maximum absolute atomic E-state index is 12.5. The fraction of sp³-hybridized carbons (Fsp3) is 0.833. The van der Waals surface area contributed by atoms with Crippen molar-refractivity contribution in [2.45, 2.75) is 41.9 Å². The van der Waals surface area contributed by atoms with E-state index in [0.717, 1.165) is 26.0 Å². The van der Waals surface area contributed by atoms with Gasteiger partial charge in [0.2, 0.25) is 5.91 Å². The maximum atomic E-state index is 12.5. The van der Waals surface area contributed by atoms with Crippen LogP contribution in [0.3, 0.4) is 0 Å². The van der Waals surface area contributed by atoms with E-state index in [1.807, 2.05) is 4.90 Å². The maximum Gasteiger partial charge on any atom is 0.247 e. The van der Waals surface area contributed by atoms with E-state index in [-0.39, 0.29) is 22.7 Å². The first-order valence-electron chi connectivity index (χ1n) is 6.26. The van der Waals surface area contributed by atoms with E-state index < -0.39 is 4.75 Å². The number of ether oxygens (including phenoxy) is 1. The molecule has 4 aliphatic rings. The molecule has 4 aliphatic heterocycles. The second-order valence-electron chi connectivity index (χ2n) is 5.56. The molecule has 4 nitrogen and oxygen atoms in total. The molecule has 0 aliphatic carbocycles. The third-order valence-electron chi connectivity index (χ3n) is 4.85. The second kappa shape index (κ2) is 2.88. The Bertz CT molecular complexity index is 437. The Morgan fingerprint density at radius 3 is 3.18 bits per heavy atom. The molecule has 0 N–H and O–H groups in total. The Morgan fingerprint density at radius 2 is 2.41 bits per heavy atom. The summed E-state index contributed by atoms with van der Waals surface area (Å²) in [4.78, 5) is 26.2. The van der Waals surface area contributed by atoms with Gasteiger partial charge in [-0.15, -0.1) is 11.8 Å². The molecule has 17 heavy (non-hydrogen) atoms. The minimum Gasteiger partial charge on any atom is -0.374 e. The number of hydrogen-bond donors (Lipinski definition) is 0. The van der Waals surface area contributed by atoms with E-state index in [0.29, 0.717) is 12.3 Å². The summed E-state index contributed by atoms with van der Waals surface area (Å²) in [6.07, 6.45) is 2.87. The van der Waals surface area contributed by atoms with Crippen molar-refractivity contribution < 1.29 is 14.3 Å². The molecule has 4 saturated heterocycles. The van der Waals surface area contributed by atoms with Gasteiger partial charge in [-0.25, -0.2) is 0 Å². The second-order valence-corrected chi connectivity index (χ2v) is 7.11. The van der Waals surface area contributed by atoms with Crippen LogP contribution in [-0.2, 0) is 14.3 Å². The molecule has 92 valence electrons. The zero-order chi connectivity index (χ0) is 11.8. The van der Waals surface area contributed by atoms with Gasteiger partial charge in [-0.2, -0.15) is 0 Å². The molecule has 1 spiro atoms. The number of nitrogens with zero attached hydrogens (tertiary/aromatic N) is 1. The van der Waals surface area contributed by atoms with Crippen molar-refractivity contribution in [3.8, 4) is 0 Å². The number of fused-ring (bicyclic) bond motifs is 1. The molecule has 0 saturated carbocycles. The van der Waals surface area contributed by atoms with Gasteiger partial charge >= 0.3 is 0 Å². The van der Waals surface area contributed by atoms with Gasteiger partial charge in [0.05, 0.1) is 12.7 Å². The van der Waals surface area contributed by atoms with Crippen LogP contribution in [-0.4, -0.2) is 45.5 Å². The van der Waals surface area contributed by atoms with Gasteiger partial charge in [-0.3, -0.25) is 9.59 Å². The lowest BCUT2D eigenvalue weighted by Gasteiger charge is -2.45. The van der Waals surface area contributed by atoms with Crippen molar-refractivity contribution in [3.63, 3.8) is 0 Å². The Morgan fingerprint density at radius 1 is 1.59 bits per heavy atom. The molecule has 4 atom stereocenters. The van der Waals surface area contributed by atoms with Gasteiger partial charge in [0, 0.05) is 12.5 Å². The number of rotatable bonds is 1. The first-order chi connectivity index (χ1) is 8.11. The lowest BCUT2D eigenvalue weighted by molar-refractivity contribution is -0.146. The first-order valence-corrected chi connectivity index (χ1v) is 7.08. The minimum atomic E-state index is -0.767. The summed E-state index contributed by atoms with van der Waals surface area (Å²) >= 11 is 1.61. The fourth-order valence-electron chi connectivity index (χ4n) is 4.08. The van der Waals surface area contributed by atoms with Crippen molar-refractivity contribution in [1.29, 1.82) is 0 Å². The van der Waals surface area contributed by atoms with Gasteiger partial charge in [0.25, 0.3) is 0 Å². The lowest BCUT2D eigenvalue weighted by Crippen LogP contribution is -2.60. The molecule has 0 aromatic carbocycles. The predicted octanol–water partition coefficient (Wildman–Crippen LogP) is 0.798. The van der Waals surface area contributed by atoms with E-state index in [4.69, 9.17) is 4.74 Å². The number of carbonyl (C=O) groups excluding carboxylic acids is 2. The van der Waals surface area contributed by atoms with Crippen LogP contribution >= 0.6 is 11.8 Å². The number of hydrogen-bond acceptors (Lipinski definition) is 4. The van der Waals surface area contributed by atoms with Gasteiger partial charge < -0.3 is 9.64 Å². The lowest BCUT2D eigenvalue weighted by atomic mass is 9.78. The molecular formula is C12H15NO3S. The molecule has 4 rings (SSSR count). The SMILES string of the molecule is CC(=O)[C@@]12C[C@@H]3CO[C@H]4CCCN(C1=O)[C@@]34S2. The average Bonchev–Trinajstić information content (AvgIpc) is 2.86. The van der Waals surface area contributed by atoms with Crippen LogP contribution in [0.1, 0.15) is 26.2 Å². The molecule has 0 unspecified atom stereocenters. The van der Waals surface area contributed by atoms with E-state index in [9.17, 15) is 9.59 Å². The zero-order valence-corrected chi connectivity index (χ0v) is 10.6. The molecule has 4 fully saturated rings. The number of piperidine rings is 2. The Kier molecular flexibility index (Phi) is 1.76. The molecule has 4 heterocycles. The van der Waals surface area contributed by atoms with Crippen LogP contribution in [0.25, 0.3) is 0 Å². The van der Waals surface area contributed by atoms with E-state index in [2.05, 4.69) is 0 Å². The first kappa shape index (κ1) is 10.4. The molecule has 0 radical (unpaired) electrons.